The van der Waals surface area contributed by atoms with Crippen LogP contribution in [0.2, 0.25) is 0 Å². The molecular weight excluding hydrogens is 427 g/mol. The van der Waals surface area contributed by atoms with Crippen LogP contribution in [0.5, 0.6) is 0 Å². The number of aryl methyl sites for hydroxylation is 1. The number of nitrogens with one attached hydrogen (secondary N) is 1. The second-order valence-electron chi connectivity index (χ2n) is 7.64. The van der Waals surface area contributed by atoms with Gasteiger partial charge >= 0.3 is 6.18 Å². The van der Waals surface area contributed by atoms with Gasteiger partial charge in [-0.1, -0.05) is 6.07 Å². The average Bonchev–Trinajstić information content (AvgIpc) is 2.99. The largest absolute Gasteiger partial charge is 0.417 e. The van der Waals surface area contributed by atoms with Crippen molar-refractivity contribution in [3.05, 3.63) is 57.8 Å². The van der Waals surface area contributed by atoms with Crippen LogP contribution in [-0.2, 0) is 11.0 Å². The van der Waals surface area contributed by atoms with Crippen LogP contribution in [0.4, 0.5) is 30.4 Å². The fraction of sp³-hybridized carbons (Fsp3) is 0.429. The number of nitrogens with zero attached hydrogens (tertiary/aromatic N) is 4. The van der Waals surface area contributed by atoms with Crippen LogP contribution in [0.15, 0.2) is 36.5 Å². The van der Waals surface area contributed by atoms with Gasteiger partial charge in [-0.05, 0) is 37.6 Å². The van der Waals surface area contributed by atoms with Crippen LogP contribution in [0.3, 0.4) is 0 Å². The first-order valence-corrected chi connectivity index (χ1v) is 10.2. The maximum Gasteiger partial charge on any atom is 0.417 e. The number of carbonyl (C=O) groups is 1. The van der Waals surface area contributed by atoms with Gasteiger partial charge in [0.1, 0.15) is 5.82 Å². The molecule has 8 nitrogen and oxygen atoms in total. The van der Waals surface area contributed by atoms with Crippen LogP contribution in [0, 0.1) is 17.0 Å². The number of pyridine rings is 1. The average molecular weight is 451 g/mol. The predicted octanol–water partition coefficient (Wildman–Crippen LogP) is 3.86. The normalized spacial score (nSPS) is 15.3. The highest BCUT2D eigenvalue weighted by molar-refractivity contribution is 5.92. The smallest absolute Gasteiger partial charge is 0.355 e. The lowest BCUT2D eigenvalue weighted by molar-refractivity contribution is -0.384. The van der Waals surface area contributed by atoms with E-state index in [-0.39, 0.29) is 18.0 Å². The van der Waals surface area contributed by atoms with Crippen molar-refractivity contribution in [2.75, 3.05) is 42.9 Å². The predicted molar refractivity (Wildman–Crippen MR) is 114 cm³/mol. The first-order valence-electron chi connectivity index (χ1n) is 10.2. The lowest BCUT2D eigenvalue weighted by Gasteiger charge is -2.23. The SMILES string of the molecule is Cc1ccc([N+](=O)[O-])cc1NC(=O)CCN1CCCN(c2ccc(C(F)(F)F)cn2)CC1. The molecule has 0 spiro atoms. The van der Waals surface area contributed by atoms with Crippen molar-refractivity contribution < 1.29 is 22.9 Å². The van der Waals surface area contributed by atoms with Crippen LogP contribution in [0.25, 0.3) is 0 Å². The zero-order valence-corrected chi connectivity index (χ0v) is 17.6. The molecule has 0 aliphatic carbocycles. The molecule has 1 aromatic carbocycles. The minimum Gasteiger partial charge on any atom is -0.355 e. The molecule has 3 rings (SSSR count). The van der Waals surface area contributed by atoms with Gasteiger partial charge in [-0.25, -0.2) is 4.98 Å². The van der Waals surface area contributed by atoms with Crippen molar-refractivity contribution in [3.8, 4) is 0 Å². The number of nitro groups is 1. The van der Waals surface area contributed by atoms with Crippen LogP contribution < -0.4 is 10.2 Å². The van der Waals surface area contributed by atoms with E-state index in [9.17, 15) is 28.1 Å². The molecule has 2 heterocycles. The number of non-ortho nitro benzene ring substituents is 1. The summed E-state index contributed by atoms with van der Waals surface area (Å²) in [6.45, 7) is 4.91. The van der Waals surface area contributed by atoms with Crippen molar-refractivity contribution in [1.82, 2.24) is 9.88 Å². The highest BCUT2D eigenvalue weighted by Crippen LogP contribution is 2.29. The number of hydrogen-bond donors (Lipinski definition) is 1. The van der Waals surface area contributed by atoms with E-state index in [4.69, 9.17) is 0 Å². The Hall–Kier alpha value is -3.21. The van der Waals surface area contributed by atoms with Crippen molar-refractivity contribution in [2.45, 2.75) is 25.9 Å². The third-order valence-corrected chi connectivity index (χ3v) is 5.35. The molecule has 32 heavy (non-hydrogen) atoms. The van der Waals surface area contributed by atoms with Gasteiger partial charge in [-0.2, -0.15) is 13.2 Å². The number of carbonyl (C=O) groups excluding carboxylic acids is 1. The summed E-state index contributed by atoms with van der Waals surface area (Å²) in [6, 6.07) is 6.73. The highest BCUT2D eigenvalue weighted by atomic mass is 19.4. The molecular formula is C21H24F3N5O3. The lowest BCUT2D eigenvalue weighted by atomic mass is 10.1. The van der Waals surface area contributed by atoms with Gasteiger partial charge in [0.05, 0.1) is 16.2 Å². The molecule has 11 heteroatoms. The van der Waals surface area contributed by atoms with Crippen LogP contribution >= 0.6 is 0 Å². The molecule has 1 fully saturated rings. The third-order valence-electron chi connectivity index (χ3n) is 5.35. The summed E-state index contributed by atoms with van der Waals surface area (Å²) in [5.41, 5.74) is 0.288. The molecule has 1 aliphatic rings. The quantitative estimate of drug-likeness (QED) is 0.530. The summed E-state index contributed by atoms with van der Waals surface area (Å²) in [6.07, 6.45) is -2.56. The molecule has 1 saturated heterocycles. The van der Waals surface area contributed by atoms with Crippen molar-refractivity contribution >= 4 is 23.1 Å². The van der Waals surface area contributed by atoms with Crippen molar-refractivity contribution in [1.29, 1.82) is 0 Å². The van der Waals surface area contributed by atoms with Crippen molar-refractivity contribution in [3.63, 3.8) is 0 Å². The minimum atomic E-state index is -4.41. The van der Waals surface area contributed by atoms with Gasteiger partial charge in [0.2, 0.25) is 5.91 Å². The first-order chi connectivity index (χ1) is 15.1. The number of nitro benzene ring substituents is 1. The summed E-state index contributed by atoms with van der Waals surface area (Å²) in [5.74, 6) is 0.262. The third kappa shape index (κ3) is 6.16. The molecule has 1 aromatic heterocycles. The van der Waals surface area contributed by atoms with Crippen LogP contribution in [0.1, 0.15) is 24.0 Å². The maximum absolute atomic E-state index is 12.7. The molecule has 1 aliphatic heterocycles. The Kier molecular flexibility index (Phi) is 7.29. The van der Waals surface area contributed by atoms with Gasteiger partial charge in [0.25, 0.3) is 5.69 Å². The Bertz CT molecular complexity index is 966. The van der Waals surface area contributed by atoms with Crippen molar-refractivity contribution in [2.24, 2.45) is 0 Å². The summed E-state index contributed by atoms with van der Waals surface area (Å²) in [5, 5.41) is 13.7. The van der Waals surface area contributed by atoms with Gasteiger partial charge < -0.3 is 15.1 Å². The molecule has 0 unspecified atom stereocenters. The minimum absolute atomic E-state index is 0.0876. The van der Waals surface area contributed by atoms with E-state index in [1.165, 1.54) is 18.2 Å². The fourth-order valence-corrected chi connectivity index (χ4v) is 3.50. The number of anilines is 2. The molecule has 0 atom stereocenters. The molecule has 0 bridgehead atoms. The fourth-order valence-electron chi connectivity index (χ4n) is 3.50. The number of hydrogen-bond acceptors (Lipinski definition) is 6. The van der Waals surface area contributed by atoms with Gasteiger partial charge in [-0.15, -0.1) is 0 Å². The Morgan fingerprint density at radius 3 is 2.62 bits per heavy atom. The number of benzene rings is 1. The summed E-state index contributed by atoms with van der Waals surface area (Å²) in [7, 11) is 0. The monoisotopic (exact) mass is 451 g/mol. The van der Waals surface area contributed by atoms with E-state index in [1.54, 1.807) is 13.0 Å². The topological polar surface area (TPSA) is 91.6 Å². The number of aromatic nitrogens is 1. The standard InChI is InChI=1S/C21H24F3N5O3/c1-15-3-5-17(29(31)32)13-18(15)26-20(30)7-10-27-8-2-9-28(12-11-27)19-6-4-16(14-25-19)21(22,23)24/h3-6,13-14H,2,7-12H2,1H3,(H,26,30). The summed E-state index contributed by atoms with van der Waals surface area (Å²) >= 11 is 0. The molecule has 1 amide bonds. The number of alkyl halides is 3. The number of halogens is 3. The van der Waals surface area contributed by atoms with Gasteiger partial charge in [0, 0.05) is 50.9 Å². The van der Waals surface area contributed by atoms with E-state index in [2.05, 4.69) is 15.2 Å². The second kappa shape index (κ2) is 9.94. The highest BCUT2D eigenvalue weighted by Gasteiger charge is 2.31. The number of rotatable bonds is 6. The van der Waals surface area contributed by atoms with E-state index in [0.29, 0.717) is 37.7 Å². The van der Waals surface area contributed by atoms with E-state index in [1.807, 2.05) is 4.90 Å². The van der Waals surface area contributed by atoms with E-state index < -0.39 is 16.7 Å². The van der Waals surface area contributed by atoms with E-state index >= 15 is 0 Å². The maximum atomic E-state index is 12.7. The van der Waals surface area contributed by atoms with Gasteiger partial charge in [0.15, 0.2) is 0 Å². The molecule has 2 aromatic rings. The second-order valence-corrected chi connectivity index (χ2v) is 7.64. The molecule has 172 valence electrons. The summed E-state index contributed by atoms with van der Waals surface area (Å²) < 4.78 is 38.2. The Labute approximate surface area is 183 Å². The van der Waals surface area contributed by atoms with E-state index in [0.717, 1.165) is 30.8 Å². The first kappa shape index (κ1) is 23.5. The van der Waals surface area contributed by atoms with Gasteiger partial charge in [-0.3, -0.25) is 14.9 Å². The number of amides is 1. The Balaban J connectivity index is 1.51. The summed E-state index contributed by atoms with van der Waals surface area (Å²) in [4.78, 5) is 30.8. The Morgan fingerprint density at radius 1 is 1.19 bits per heavy atom. The molecule has 0 radical (unpaired) electrons. The lowest BCUT2D eigenvalue weighted by Crippen LogP contribution is -2.33. The zero-order chi connectivity index (χ0) is 23.3. The zero-order valence-electron chi connectivity index (χ0n) is 17.6. The molecule has 1 N–H and O–H groups in total. The Morgan fingerprint density at radius 2 is 1.97 bits per heavy atom. The van der Waals surface area contributed by atoms with Crippen LogP contribution in [-0.4, -0.2) is 53.4 Å². The molecule has 0 saturated carbocycles.